The molecule has 1 heterocycles. The third-order valence-electron chi connectivity index (χ3n) is 5.04. The average molecular weight is 328 g/mol. The summed E-state index contributed by atoms with van der Waals surface area (Å²) in [5.41, 5.74) is 8.95. The third kappa shape index (κ3) is 3.13. The molecule has 1 aliphatic carbocycles. The average Bonchev–Trinajstić information content (AvgIpc) is 3.13. The number of carbonyl (C=O) groups is 2. The molecule has 0 bridgehead atoms. The van der Waals surface area contributed by atoms with Gasteiger partial charge in [-0.05, 0) is 49.9 Å². The Morgan fingerprint density at radius 3 is 2.58 bits per heavy atom. The van der Waals surface area contributed by atoms with E-state index < -0.39 is 11.4 Å². The van der Waals surface area contributed by atoms with E-state index in [9.17, 15) is 9.59 Å². The lowest BCUT2D eigenvalue weighted by atomic mass is 9.96. The van der Waals surface area contributed by atoms with Crippen molar-refractivity contribution in [3.05, 3.63) is 29.1 Å². The molecule has 0 spiro atoms. The Morgan fingerprint density at radius 1 is 1.25 bits per heavy atom. The number of aryl methyl sites for hydroxylation is 3. The van der Waals surface area contributed by atoms with Crippen LogP contribution in [0.5, 0.6) is 0 Å². The molecule has 0 aliphatic heterocycles. The molecular weight excluding hydrogens is 304 g/mol. The van der Waals surface area contributed by atoms with E-state index >= 15 is 0 Å². The quantitative estimate of drug-likeness (QED) is 0.782. The number of primary amides is 1. The van der Waals surface area contributed by atoms with E-state index in [0.29, 0.717) is 19.3 Å². The van der Waals surface area contributed by atoms with Gasteiger partial charge in [0.2, 0.25) is 11.8 Å². The van der Waals surface area contributed by atoms with Crippen molar-refractivity contribution >= 4 is 22.8 Å². The number of rotatable bonds is 5. The van der Waals surface area contributed by atoms with Crippen molar-refractivity contribution in [3.63, 3.8) is 0 Å². The molecule has 0 saturated heterocycles. The number of hydrogen-bond acceptors (Lipinski definition) is 3. The van der Waals surface area contributed by atoms with E-state index in [-0.39, 0.29) is 12.3 Å². The topological polar surface area (TPSA) is 101 Å². The molecule has 2 aromatic rings. The maximum Gasteiger partial charge on any atom is 0.243 e. The summed E-state index contributed by atoms with van der Waals surface area (Å²) >= 11 is 0. The van der Waals surface area contributed by atoms with Crippen molar-refractivity contribution in [1.29, 1.82) is 0 Å². The highest BCUT2D eigenvalue weighted by molar-refractivity contribution is 5.90. The Bertz CT molecular complexity index is 749. The summed E-state index contributed by atoms with van der Waals surface area (Å²) in [6, 6.07) is 4.12. The maximum atomic E-state index is 12.2. The largest absolute Gasteiger partial charge is 0.368 e. The van der Waals surface area contributed by atoms with Crippen molar-refractivity contribution in [2.24, 2.45) is 5.73 Å². The highest BCUT2D eigenvalue weighted by Gasteiger charge is 2.40. The number of aromatic nitrogens is 2. The van der Waals surface area contributed by atoms with Gasteiger partial charge in [-0.1, -0.05) is 12.8 Å². The summed E-state index contributed by atoms with van der Waals surface area (Å²) in [5, 5.41) is 2.86. The minimum absolute atomic E-state index is 0.150. The van der Waals surface area contributed by atoms with Crippen molar-refractivity contribution in [2.75, 3.05) is 0 Å². The first-order valence-electron chi connectivity index (χ1n) is 8.46. The normalized spacial score (nSPS) is 16.4. The minimum Gasteiger partial charge on any atom is -0.368 e. The number of nitrogens with zero attached hydrogens (tertiary/aromatic N) is 1. The Hall–Kier alpha value is -2.37. The summed E-state index contributed by atoms with van der Waals surface area (Å²) in [6.07, 6.45) is 3.91. The SMILES string of the molecule is Cc1cc2nc(CCC(=O)NC3(C(N)=O)CCCC3)[nH]c2cc1C. The van der Waals surface area contributed by atoms with E-state index in [1.165, 1.54) is 11.1 Å². The molecule has 4 N–H and O–H groups in total. The van der Waals surface area contributed by atoms with E-state index in [0.717, 1.165) is 29.7 Å². The Morgan fingerprint density at radius 2 is 1.92 bits per heavy atom. The van der Waals surface area contributed by atoms with Crippen LogP contribution in [0.25, 0.3) is 11.0 Å². The highest BCUT2D eigenvalue weighted by atomic mass is 16.2. The van der Waals surface area contributed by atoms with Crippen molar-refractivity contribution in [2.45, 2.75) is 57.9 Å². The van der Waals surface area contributed by atoms with Crippen LogP contribution in [-0.2, 0) is 16.0 Å². The number of fused-ring (bicyclic) bond motifs is 1. The van der Waals surface area contributed by atoms with E-state index in [2.05, 4.69) is 35.2 Å². The molecule has 1 saturated carbocycles. The molecule has 0 atom stereocenters. The lowest BCUT2D eigenvalue weighted by Crippen LogP contribution is -2.55. The van der Waals surface area contributed by atoms with Crippen LogP contribution in [0.1, 0.15) is 49.1 Å². The van der Waals surface area contributed by atoms with Crippen LogP contribution < -0.4 is 11.1 Å². The van der Waals surface area contributed by atoms with Crippen LogP contribution in [-0.4, -0.2) is 27.3 Å². The lowest BCUT2D eigenvalue weighted by molar-refractivity contribution is -0.131. The first kappa shape index (κ1) is 16.5. The number of nitrogens with two attached hydrogens (primary N) is 1. The lowest BCUT2D eigenvalue weighted by Gasteiger charge is -2.26. The second-order valence-electron chi connectivity index (χ2n) is 6.84. The molecule has 24 heavy (non-hydrogen) atoms. The van der Waals surface area contributed by atoms with Gasteiger partial charge >= 0.3 is 0 Å². The monoisotopic (exact) mass is 328 g/mol. The number of H-pyrrole nitrogens is 1. The first-order valence-corrected chi connectivity index (χ1v) is 8.46. The van der Waals surface area contributed by atoms with Gasteiger partial charge in [-0.3, -0.25) is 9.59 Å². The van der Waals surface area contributed by atoms with Gasteiger partial charge in [0.15, 0.2) is 0 Å². The molecule has 1 aromatic carbocycles. The van der Waals surface area contributed by atoms with Crippen LogP contribution in [0.3, 0.4) is 0 Å². The Labute approximate surface area is 141 Å². The van der Waals surface area contributed by atoms with Crippen LogP contribution in [0, 0.1) is 13.8 Å². The summed E-state index contributed by atoms with van der Waals surface area (Å²) in [4.78, 5) is 31.8. The van der Waals surface area contributed by atoms with Crippen LogP contribution in [0.4, 0.5) is 0 Å². The van der Waals surface area contributed by atoms with Gasteiger partial charge in [-0.2, -0.15) is 0 Å². The van der Waals surface area contributed by atoms with Gasteiger partial charge in [0.25, 0.3) is 0 Å². The van der Waals surface area contributed by atoms with Crippen molar-refractivity contribution in [3.8, 4) is 0 Å². The number of aromatic amines is 1. The molecular formula is C18H24N4O2. The molecule has 6 nitrogen and oxygen atoms in total. The van der Waals surface area contributed by atoms with Gasteiger partial charge in [0.1, 0.15) is 11.4 Å². The summed E-state index contributed by atoms with van der Waals surface area (Å²) in [5.74, 6) is 0.205. The molecule has 1 fully saturated rings. The molecule has 1 aliphatic rings. The van der Waals surface area contributed by atoms with Crippen LogP contribution in [0.15, 0.2) is 12.1 Å². The second-order valence-corrected chi connectivity index (χ2v) is 6.84. The predicted molar refractivity (Wildman–Crippen MR) is 92.4 cm³/mol. The standard InChI is InChI=1S/C18H24N4O2/c1-11-9-13-14(10-12(11)2)21-15(20-13)5-6-16(23)22-18(17(19)24)7-3-4-8-18/h9-10H,3-8H2,1-2H3,(H2,19,24)(H,20,21)(H,22,23). The summed E-state index contributed by atoms with van der Waals surface area (Å²) in [6.45, 7) is 4.12. The molecule has 0 unspecified atom stereocenters. The number of nitrogens with one attached hydrogen (secondary N) is 2. The number of hydrogen-bond donors (Lipinski definition) is 3. The minimum atomic E-state index is -0.848. The second kappa shape index (κ2) is 6.26. The van der Waals surface area contributed by atoms with E-state index in [1.54, 1.807) is 0 Å². The van der Waals surface area contributed by atoms with E-state index in [4.69, 9.17) is 5.73 Å². The summed E-state index contributed by atoms with van der Waals surface area (Å²) < 4.78 is 0. The number of amides is 2. The number of carbonyl (C=O) groups excluding carboxylic acids is 2. The molecule has 0 radical (unpaired) electrons. The number of imidazole rings is 1. The van der Waals surface area contributed by atoms with Gasteiger partial charge in [-0.25, -0.2) is 4.98 Å². The van der Waals surface area contributed by atoms with E-state index in [1.807, 2.05) is 6.07 Å². The molecule has 128 valence electrons. The number of benzene rings is 1. The van der Waals surface area contributed by atoms with Gasteiger partial charge in [0, 0.05) is 12.8 Å². The zero-order chi connectivity index (χ0) is 17.3. The van der Waals surface area contributed by atoms with Crippen LogP contribution >= 0.6 is 0 Å². The Kier molecular flexibility index (Phi) is 4.30. The maximum absolute atomic E-state index is 12.2. The van der Waals surface area contributed by atoms with Gasteiger partial charge in [-0.15, -0.1) is 0 Å². The van der Waals surface area contributed by atoms with Crippen molar-refractivity contribution < 1.29 is 9.59 Å². The van der Waals surface area contributed by atoms with Crippen LogP contribution in [0.2, 0.25) is 0 Å². The first-order chi connectivity index (χ1) is 11.4. The smallest absolute Gasteiger partial charge is 0.243 e. The van der Waals surface area contributed by atoms with Gasteiger partial charge < -0.3 is 16.0 Å². The molecule has 6 heteroatoms. The van der Waals surface area contributed by atoms with Gasteiger partial charge in [0.05, 0.1) is 11.0 Å². The highest BCUT2D eigenvalue weighted by Crippen LogP contribution is 2.29. The molecule has 3 rings (SSSR count). The van der Waals surface area contributed by atoms with Crippen molar-refractivity contribution in [1.82, 2.24) is 15.3 Å². The fraction of sp³-hybridized carbons (Fsp3) is 0.500. The summed E-state index contributed by atoms with van der Waals surface area (Å²) in [7, 11) is 0. The molecule has 1 aromatic heterocycles. The predicted octanol–water partition coefficient (Wildman–Crippen LogP) is 2.03. The molecule has 2 amide bonds. The Balaban J connectivity index is 1.65. The zero-order valence-electron chi connectivity index (χ0n) is 14.2. The fourth-order valence-corrected chi connectivity index (χ4v) is 3.41. The third-order valence-corrected chi connectivity index (χ3v) is 5.04. The fourth-order valence-electron chi connectivity index (χ4n) is 3.41. The zero-order valence-corrected chi connectivity index (χ0v) is 14.2.